The number of ether oxygens (including phenoxy) is 3. The first-order valence-corrected chi connectivity index (χ1v) is 10.2. The third-order valence-electron chi connectivity index (χ3n) is 4.94. The molecule has 3 rings (SSSR count). The average Bonchev–Trinajstić information content (AvgIpc) is 2.82. The lowest BCUT2D eigenvalue weighted by atomic mass is 10.1. The van der Waals surface area contributed by atoms with Crippen LogP contribution in [0.3, 0.4) is 0 Å². The first kappa shape index (κ1) is 23.7. The lowest BCUT2D eigenvalue weighted by Gasteiger charge is -2.14. The smallest absolute Gasteiger partial charge is 0.352 e. The molecule has 0 bridgehead atoms. The van der Waals surface area contributed by atoms with Crippen LogP contribution in [0.15, 0.2) is 52.1 Å². The fourth-order valence-electron chi connectivity index (χ4n) is 3.15. The molecule has 1 amide bonds. The maximum Gasteiger partial charge on any atom is 0.352 e. The maximum atomic E-state index is 13.3. The minimum Gasteiger partial charge on any atom is -0.493 e. The highest BCUT2D eigenvalue weighted by molar-refractivity contribution is 5.91. The molecule has 3 aromatic rings. The van der Waals surface area contributed by atoms with Crippen molar-refractivity contribution in [2.75, 3.05) is 34.5 Å². The molecule has 0 aliphatic carbocycles. The summed E-state index contributed by atoms with van der Waals surface area (Å²) in [5.41, 5.74) is 0.194. The predicted molar refractivity (Wildman–Crippen MR) is 122 cm³/mol. The third kappa shape index (κ3) is 5.29. The molecule has 2 aromatic carbocycles. The van der Waals surface area contributed by atoms with Gasteiger partial charge in [-0.15, -0.1) is 0 Å². The van der Waals surface area contributed by atoms with Gasteiger partial charge in [-0.1, -0.05) is 29.8 Å². The van der Waals surface area contributed by atoms with E-state index in [-0.39, 0.29) is 19.7 Å². The highest BCUT2D eigenvalue weighted by Gasteiger charge is 2.21. The van der Waals surface area contributed by atoms with E-state index in [0.717, 1.165) is 20.4 Å². The number of aromatic nitrogens is 3. The highest BCUT2D eigenvalue weighted by Crippen LogP contribution is 2.28. The Hall–Kier alpha value is -3.92. The number of hydrogen-bond acceptors (Lipinski definition) is 7. The molecular weight excluding hydrogens is 428 g/mol. The minimum atomic E-state index is -0.785. The second kappa shape index (κ2) is 10.6. The molecule has 1 N–H and O–H groups in total. The molecule has 10 heteroatoms. The Morgan fingerprint density at radius 1 is 1.00 bits per heavy atom. The van der Waals surface area contributed by atoms with Gasteiger partial charge in [0.05, 0.1) is 33.1 Å². The van der Waals surface area contributed by atoms with Crippen LogP contribution >= 0.6 is 0 Å². The van der Waals surface area contributed by atoms with Crippen molar-refractivity contribution in [3.05, 3.63) is 80.1 Å². The number of benzene rings is 2. The molecule has 174 valence electrons. The molecule has 0 saturated carbocycles. The van der Waals surface area contributed by atoms with Gasteiger partial charge in [0.1, 0.15) is 0 Å². The van der Waals surface area contributed by atoms with Gasteiger partial charge in [-0.25, -0.2) is 4.79 Å². The quantitative estimate of drug-likeness (QED) is 0.483. The van der Waals surface area contributed by atoms with Crippen molar-refractivity contribution in [1.29, 1.82) is 0 Å². The number of methoxy groups -OCH3 is 3. The van der Waals surface area contributed by atoms with Gasteiger partial charge in [0, 0.05) is 19.7 Å². The molecule has 0 atom stereocenters. The Labute approximate surface area is 190 Å². The van der Waals surface area contributed by atoms with E-state index in [0.29, 0.717) is 17.2 Å². The van der Waals surface area contributed by atoms with Crippen LogP contribution in [0.4, 0.5) is 0 Å². The van der Waals surface area contributed by atoms with Gasteiger partial charge in [-0.2, -0.15) is 9.78 Å². The van der Waals surface area contributed by atoms with Gasteiger partial charge in [0.15, 0.2) is 11.5 Å². The van der Waals surface area contributed by atoms with Crippen LogP contribution in [-0.4, -0.2) is 54.7 Å². The van der Waals surface area contributed by atoms with Crippen molar-refractivity contribution in [3.63, 3.8) is 0 Å². The van der Waals surface area contributed by atoms with Crippen molar-refractivity contribution in [2.45, 2.75) is 13.5 Å². The van der Waals surface area contributed by atoms with Crippen LogP contribution in [0, 0.1) is 6.92 Å². The number of rotatable bonds is 9. The molecule has 33 heavy (non-hydrogen) atoms. The molecule has 1 aromatic heterocycles. The first-order valence-electron chi connectivity index (χ1n) is 10.2. The number of nitrogens with zero attached hydrogens (tertiary/aromatic N) is 3. The number of carbonyl (C=O) groups is 1. The average molecular weight is 454 g/mol. The number of nitrogens with one attached hydrogen (secondary N) is 1. The van der Waals surface area contributed by atoms with Gasteiger partial charge in [0.2, 0.25) is 5.69 Å². The zero-order valence-corrected chi connectivity index (χ0v) is 19.0. The molecule has 0 fully saturated rings. The fraction of sp³-hybridized carbons (Fsp3) is 0.304. The zero-order valence-electron chi connectivity index (χ0n) is 19.0. The van der Waals surface area contributed by atoms with Crippen LogP contribution in [0.5, 0.6) is 11.5 Å². The van der Waals surface area contributed by atoms with Crippen LogP contribution in [0.2, 0.25) is 0 Å². The van der Waals surface area contributed by atoms with Gasteiger partial charge < -0.3 is 19.5 Å². The predicted octanol–water partition coefficient (Wildman–Crippen LogP) is 1.14. The van der Waals surface area contributed by atoms with E-state index in [9.17, 15) is 14.4 Å². The summed E-state index contributed by atoms with van der Waals surface area (Å²) in [6.07, 6.45) is 0. The number of aryl methyl sites for hydroxylation is 1. The van der Waals surface area contributed by atoms with E-state index in [1.165, 1.54) is 21.3 Å². The molecule has 0 radical (unpaired) electrons. The second-order valence-electron chi connectivity index (χ2n) is 7.21. The van der Waals surface area contributed by atoms with Crippen molar-refractivity contribution >= 4 is 5.91 Å². The van der Waals surface area contributed by atoms with E-state index in [2.05, 4.69) is 10.4 Å². The fourth-order valence-corrected chi connectivity index (χ4v) is 3.15. The van der Waals surface area contributed by atoms with Gasteiger partial charge in [-0.05, 0) is 24.6 Å². The molecule has 0 unspecified atom stereocenters. The van der Waals surface area contributed by atoms with E-state index in [1.807, 2.05) is 31.2 Å². The zero-order chi connectivity index (χ0) is 24.0. The third-order valence-corrected chi connectivity index (χ3v) is 4.94. The SMILES string of the molecule is COCCNC(=O)c1nn(-c2ccc(OC)c(OC)c2)c(=O)n(Cc2ccc(C)cc2)c1=O. The lowest BCUT2D eigenvalue weighted by Crippen LogP contribution is -2.46. The molecule has 1 heterocycles. The van der Waals surface area contributed by atoms with Crippen LogP contribution in [-0.2, 0) is 11.3 Å². The summed E-state index contributed by atoms with van der Waals surface area (Å²) in [7, 11) is 4.45. The van der Waals surface area contributed by atoms with E-state index >= 15 is 0 Å². The summed E-state index contributed by atoms with van der Waals surface area (Å²) >= 11 is 0. The molecule has 0 spiro atoms. The van der Waals surface area contributed by atoms with Crippen LogP contribution in [0.1, 0.15) is 21.6 Å². The summed E-state index contributed by atoms with van der Waals surface area (Å²) in [5, 5.41) is 6.67. The van der Waals surface area contributed by atoms with Gasteiger partial charge >= 0.3 is 5.69 Å². The lowest BCUT2D eigenvalue weighted by molar-refractivity contribution is 0.0927. The highest BCUT2D eigenvalue weighted by atomic mass is 16.5. The summed E-state index contributed by atoms with van der Waals surface area (Å²) in [5.74, 6) is 0.120. The van der Waals surface area contributed by atoms with Crippen molar-refractivity contribution < 1.29 is 19.0 Å². The number of hydrogen-bond donors (Lipinski definition) is 1. The Kier molecular flexibility index (Phi) is 7.62. The minimum absolute atomic E-state index is 0.0217. The Balaban J connectivity index is 2.17. The number of amides is 1. The second-order valence-corrected chi connectivity index (χ2v) is 7.21. The van der Waals surface area contributed by atoms with Crippen molar-refractivity contribution in [2.24, 2.45) is 0 Å². The molecule has 0 aliphatic heterocycles. The summed E-state index contributed by atoms with van der Waals surface area (Å²) in [6.45, 7) is 2.36. The van der Waals surface area contributed by atoms with E-state index < -0.39 is 22.9 Å². The molecule has 0 saturated heterocycles. The molecule has 10 nitrogen and oxygen atoms in total. The van der Waals surface area contributed by atoms with Crippen LogP contribution in [0.25, 0.3) is 5.69 Å². The molecular formula is C23H26N4O6. The number of carbonyl (C=O) groups excluding carboxylic acids is 1. The van der Waals surface area contributed by atoms with Crippen molar-refractivity contribution in [1.82, 2.24) is 19.7 Å². The summed E-state index contributed by atoms with van der Waals surface area (Å²) in [4.78, 5) is 39.1. The van der Waals surface area contributed by atoms with Crippen LogP contribution < -0.4 is 26.0 Å². The Morgan fingerprint density at radius 2 is 1.70 bits per heavy atom. The first-order chi connectivity index (χ1) is 15.9. The van der Waals surface area contributed by atoms with E-state index in [1.54, 1.807) is 18.2 Å². The van der Waals surface area contributed by atoms with E-state index in [4.69, 9.17) is 14.2 Å². The molecule has 0 aliphatic rings. The summed E-state index contributed by atoms with van der Waals surface area (Å²) in [6, 6.07) is 12.1. The standard InChI is InChI=1S/C23H26N4O6/c1-15-5-7-16(8-6-15)14-26-22(29)20(21(28)24-11-12-31-2)25-27(23(26)30)17-9-10-18(32-3)19(13-17)33-4/h5-10,13H,11-12,14H2,1-4H3,(H,24,28). The van der Waals surface area contributed by atoms with Gasteiger partial charge in [0.25, 0.3) is 11.5 Å². The Morgan fingerprint density at radius 3 is 2.33 bits per heavy atom. The van der Waals surface area contributed by atoms with Crippen molar-refractivity contribution in [3.8, 4) is 17.2 Å². The normalized spacial score (nSPS) is 10.7. The largest absolute Gasteiger partial charge is 0.493 e. The van der Waals surface area contributed by atoms with Gasteiger partial charge in [-0.3, -0.25) is 14.2 Å². The maximum absolute atomic E-state index is 13.3. The topological polar surface area (TPSA) is 114 Å². The Bertz CT molecular complexity index is 1250. The summed E-state index contributed by atoms with van der Waals surface area (Å²) < 4.78 is 17.5. The monoisotopic (exact) mass is 454 g/mol.